The van der Waals surface area contributed by atoms with Crippen LogP contribution < -0.4 is 4.74 Å². The standard InChI is InChI=1S/C27H26ClNO4/c1-27(16-20-7-10-23(28)11-8-20)17-22-15-21(9-12-24(22)33-27)26(32)29(18-25(30)31)14-13-19-5-3-2-4-6-19/h2-12,15H,13-14,16-18H2,1H3,(H,30,31). The van der Waals surface area contributed by atoms with E-state index in [1.807, 2.05) is 66.7 Å². The van der Waals surface area contributed by atoms with Gasteiger partial charge in [0.1, 0.15) is 17.9 Å². The topological polar surface area (TPSA) is 66.8 Å². The van der Waals surface area contributed by atoms with Crippen molar-refractivity contribution in [3.05, 3.63) is 100 Å². The second-order valence-electron chi connectivity index (χ2n) is 8.71. The Morgan fingerprint density at radius 3 is 2.45 bits per heavy atom. The van der Waals surface area contributed by atoms with Crippen molar-refractivity contribution in [3.63, 3.8) is 0 Å². The quantitative estimate of drug-likeness (QED) is 0.508. The zero-order valence-electron chi connectivity index (χ0n) is 18.5. The lowest BCUT2D eigenvalue weighted by Crippen LogP contribution is -2.37. The van der Waals surface area contributed by atoms with Gasteiger partial charge in [0.25, 0.3) is 5.91 Å². The summed E-state index contributed by atoms with van der Waals surface area (Å²) in [6.07, 6.45) is 1.96. The van der Waals surface area contributed by atoms with Crippen LogP contribution in [0.3, 0.4) is 0 Å². The van der Waals surface area contributed by atoms with Crippen molar-refractivity contribution >= 4 is 23.5 Å². The number of amides is 1. The van der Waals surface area contributed by atoms with E-state index in [1.54, 1.807) is 6.07 Å². The van der Waals surface area contributed by atoms with Gasteiger partial charge in [0.2, 0.25) is 0 Å². The number of aliphatic carboxylic acids is 1. The van der Waals surface area contributed by atoms with Gasteiger partial charge in [-0.25, -0.2) is 0 Å². The third-order valence-electron chi connectivity index (χ3n) is 5.85. The molecule has 1 aliphatic heterocycles. The van der Waals surface area contributed by atoms with E-state index < -0.39 is 11.6 Å². The SMILES string of the molecule is CC1(Cc2ccc(Cl)cc2)Cc2cc(C(=O)N(CCc3ccccc3)CC(=O)O)ccc2O1. The molecule has 0 saturated heterocycles. The minimum atomic E-state index is -1.03. The summed E-state index contributed by atoms with van der Waals surface area (Å²) in [5, 5.41) is 10.0. The normalized spacial score (nSPS) is 16.7. The molecule has 1 N–H and O–H groups in total. The van der Waals surface area contributed by atoms with Gasteiger partial charge < -0.3 is 14.7 Å². The zero-order valence-corrected chi connectivity index (χ0v) is 19.2. The van der Waals surface area contributed by atoms with E-state index in [4.69, 9.17) is 16.3 Å². The molecule has 3 aromatic rings. The molecule has 0 aliphatic carbocycles. The van der Waals surface area contributed by atoms with Crippen molar-refractivity contribution in [2.24, 2.45) is 0 Å². The van der Waals surface area contributed by atoms with Crippen molar-refractivity contribution < 1.29 is 19.4 Å². The van der Waals surface area contributed by atoms with Crippen LogP contribution in [0.25, 0.3) is 0 Å². The lowest BCUT2D eigenvalue weighted by atomic mass is 9.91. The molecule has 5 nitrogen and oxygen atoms in total. The van der Waals surface area contributed by atoms with E-state index in [9.17, 15) is 14.7 Å². The summed E-state index contributed by atoms with van der Waals surface area (Å²) in [7, 11) is 0. The van der Waals surface area contributed by atoms with Crippen LogP contribution in [0.4, 0.5) is 0 Å². The van der Waals surface area contributed by atoms with Crippen LogP contribution in [-0.4, -0.2) is 40.6 Å². The molecule has 0 spiro atoms. The Balaban J connectivity index is 1.48. The van der Waals surface area contributed by atoms with Crippen LogP contribution in [0, 0.1) is 0 Å². The van der Waals surface area contributed by atoms with Crippen molar-refractivity contribution in [3.8, 4) is 5.75 Å². The number of hydrogen-bond donors (Lipinski definition) is 1. The Kier molecular flexibility index (Phi) is 6.70. The highest BCUT2D eigenvalue weighted by Crippen LogP contribution is 2.37. The number of nitrogens with zero attached hydrogens (tertiary/aromatic N) is 1. The van der Waals surface area contributed by atoms with E-state index in [0.29, 0.717) is 36.4 Å². The number of carboxylic acids is 1. The van der Waals surface area contributed by atoms with Gasteiger partial charge in [-0.15, -0.1) is 0 Å². The molecule has 0 fully saturated rings. The monoisotopic (exact) mass is 463 g/mol. The number of carbonyl (C=O) groups excluding carboxylic acids is 1. The molecule has 170 valence electrons. The van der Waals surface area contributed by atoms with E-state index in [0.717, 1.165) is 22.4 Å². The Hall–Kier alpha value is -3.31. The lowest BCUT2D eigenvalue weighted by Gasteiger charge is -2.24. The molecule has 1 amide bonds. The highest BCUT2D eigenvalue weighted by Gasteiger charge is 2.35. The predicted molar refractivity (Wildman–Crippen MR) is 128 cm³/mol. The van der Waals surface area contributed by atoms with Gasteiger partial charge in [-0.3, -0.25) is 9.59 Å². The third kappa shape index (κ3) is 5.74. The predicted octanol–water partition coefficient (Wildman–Crippen LogP) is 5.05. The molecule has 6 heteroatoms. The minimum Gasteiger partial charge on any atom is -0.487 e. The van der Waals surface area contributed by atoms with Crippen molar-refractivity contribution in [1.29, 1.82) is 0 Å². The molecule has 4 rings (SSSR count). The first-order valence-electron chi connectivity index (χ1n) is 10.9. The van der Waals surface area contributed by atoms with E-state index in [2.05, 4.69) is 6.92 Å². The zero-order chi connectivity index (χ0) is 23.4. The van der Waals surface area contributed by atoms with Gasteiger partial charge in [0.05, 0.1) is 0 Å². The summed E-state index contributed by atoms with van der Waals surface area (Å²) in [6, 6.07) is 22.8. The number of carbonyl (C=O) groups is 2. The summed E-state index contributed by atoms with van der Waals surface area (Å²) >= 11 is 5.99. The molecule has 0 radical (unpaired) electrons. The van der Waals surface area contributed by atoms with Gasteiger partial charge in [0, 0.05) is 30.0 Å². The molecular formula is C27H26ClNO4. The molecule has 0 saturated carbocycles. The van der Waals surface area contributed by atoms with Crippen LogP contribution in [0.15, 0.2) is 72.8 Å². The average Bonchev–Trinajstić information content (AvgIpc) is 3.13. The highest BCUT2D eigenvalue weighted by molar-refractivity contribution is 6.30. The number of rotatable bonds is 8. The fourth-order valence-corrected chi connectivity index (χ4v) is 4.42. The Morgan fingerprint density at radius 2 is 1.76 bits per heavy atom. The molecule has 3 aromatic carbocycles. The van der Waals surface area contributed by atoms with Gasteiger partial charge in [0.15, 0.2) is 0 Å². The second-order valence-corrected chi connectivity index (χ2v) is 9.15. The van der Waals surface area contributed by atoms with Crippen LogP contribution in [0.5, 0.6) is 5.75 Å². The number of benzene rings is 3. The van der Waals surface area contributed by atoms with Crippen molar-refractivity contribution in [1.82, 2.24) is 4.90 Å². The molecule has 1 atom stereocenters. The maximum Gasteiger partial charge on any atom is 0.323 e. The fraction of sp³-hybridized carbons (Fsp3) is 0.259. The Morgan fingerprint density at radius 1 is 1.03 bits per heavy atom. The van der Waals surface area contributed by atoms with E-state index in [-0.39, 0.29) is 12.5 Å². The number of ether oxygens (including phenoxy) is 1. The van der Waals surface area contributed by atoms with Gasteiger partial charge >= 0.3 is 5.97 Å². The maximum absolute atomic E-state index is 13.2. The van der Waals surface area contributed by atoms with Gasteiger partial charge in [-0.2, -0.15) is 0 Å². The minimum absolute atomic E-state index is 0.289. The Bertz CT molecular complexity index is 1150. The Labute approximate surface area is 198 Å². The van der Waals surface area contributed by atoms with Crippen molar-refractivity contribution in [2.75, 3.05) is 13.1 Å². The maximum atomic E-state index is 13.2. The number of halogens is 1. The van der Waals surface area contributed by atoms with E-state index in [1.165, 1.54) is 4.90 Å². The highest BCUT2D eigenvalue weighted by atomic mass is 35.5. The van der Waals surface area contributed by atoms with Gasteiger partial charge in [-0.1, -0.05) is 54.1 Å². The summed E-state index contributed by atoms with van der Waals surface area (Å²) < 4.78 is 6.24. The molecule has 1 heterocycles. The number of hydrogen-bond acceptors (Lipinski definition) is 3. The summed E-state index contributed by atoms with van der Waals surface area (Å²) in [5.74, 6) is -0.559. The van der Waals surface area contributed by atoms with Crippen LogP contribution in [0.2, 0.25) is 5.02 Å². The molecule has 33 heavy (non-hydrogen) atoms. The lowest BCUT2D eigenvalue weighted by molar-refractivity contribution is -0.137. The summed E-state index contributed by atoms with van der Waals surface area (Å²) in [4.78, 5) is 26.0. The molecule has 1 aliphatic rings. The second kappa shape index (κ2) is 9.67. The first-order valence-corrected chi connectivity index (χ1v) is 11.3. The average molecular weight is 464 g/mol. The molecule has 0 aromatic heterocycles. The first kappa shape index (κ1) is 22.9. The molecule has 1 unspecified atom stereocenters. The smallest absolute Gasteiger partial charge is 0.323 e. The largest absolute Gasteiger partial charge is 0.487 e. The van der Waals surface area contributed by atoms with Crippen molar-refractivity contribution in [2.45, 2.75) is 31.8 Å². The van der Waals surface area contributed by atoms with Crippen LogP contribution in [0.1, 0.15) is 34.0 Å². The van der Waals surface area contributed by atoms with E-state index >= 15 is 0 Å². The third-order valence-corrected chi connectivity index (χ3v) is 6.10. The molecular weight excluding hydrogens is 438 g/mol. The van der Waals surface area contributed by atoms with Crippen LogP contribution >= 0.6 is 11.6 Å². The summed E-state index contributed by atoms with van der Waals surface area (Å²) in [5.41, 5.74) is 3.19. The number of fused-ring (bicyclic) bond motifs is 1. The van der Waals surface area contributed by atoms with Crippen LogP contribution in [-0.2, 0) is 24.1 Å². The first-order chi connectivity index (χ1) is 15.8. The number of carboxylic acid groups (broad SMARTS) is 1. The summed E-state index contributed by atoms with van der Waals surface area (Å²) in [6.45, 7) is 2.05. The molecule has 0 bridgehead atoms. The van der Waals surface area contributed by atoms with Gasteiger partial charge in [-0.05, 0) is 60.4 Å². The fourth-order valence-electron chi connectivity index (χ4n) is 4.29.